The van der Waals surface area contributed by atoms with Gasteiger partial charge in [-0.05, 0) is 46.1 Å². The molecule has 1 saturated carbocycles. The van der Waals surface area contributed by atoms with Gasteiger partial charge in [0.05, 0.1) is 24.1 Å². The number of anilines is 1. The Morgan fingerprint density at radius 3 is 2.92 bits per heavy atom. The molecule has 1 saturated heterocycles. The third-order valence-corrected chi connectivity index (χ3v) is 4.76. The maximum atomic E-state index is 12.2. The Morgan fingerprint density at radius 2 is 2.21 bits per heavy atom. The molecule has 1 aliphatic heterocycles. The average molecular weight is 333 g/mol. The summed E-state index contributed by atoms with van der Waals surface area (Å²) in [5.41, 5.74) is 7.15. The molecule has 0 bridgehead atoms. The minimum Gasteiger partial charge on any atom is -0.444 e. The lowest BCUT2D eigenvalue weighted by Gasteiger charge is -2.39. The van der Waals surface area contributed by atoms with Gasteiger partial charge in [-0.2, -0.15) is 0 Å². The molecule has 1 aromatic rings. The second-order valence-electron chi connectivity index (χ2n) is 7.75. The van der Waals surface area contributed by atoms with Gasteiger partial charge in [-0.1, -0.05) is 6.42 Å². The van der Waals surface area contributed by atoms with Gasteiger partial charge < -0.3 is 20.5 Å². The Balaban J connectivity index is 1.75. The minimum absolute atomic E-state index is 0.0404. The number of hydrogen-bond acceptors (Lipinski definition) is 5. The molecule has 0 aromatic carbocycles. The van der Waals surface area contributed by atoms with Gasteiger partial charge in [0.25, 0.3) is 0 Å². The molecule has 6 heteroatoms. The highest BCUT2D eigenvalue weighted by atomic mass is 16.6. The van der Waals surface area contributed by atoms with Crippen LogP contribution in [0, 0.1) is 5.92 Å². The van der Waals surface area contributed by atoms with E-state index in [0.717, 1.165) is 24.8 Å². The molecule has 6 nitrogen and oxygen atoms in total. The maximum absolute atomic E-state index is 12.2. The Bertz CT molecular complexity index is 599. The quantitative estimate of drug-likeness (QED) is 0.868. The molecule has 0 unspecified atom stereocenters. The molecular weight excluding hydrogens is 306 g/mol. The summed E-state index contributed by atoms with van der Waals surface area (Å²) in [6, 6.07) is 1.94. The van der Waals surface area contributed by atoms with Gasteiger partial charge in [-0.15, -0.1) is 0 Å². The smallest absolute Gasteiger partial charge is 0.407 e. The molecule has 2 fully saturated rings. The molecule has 1 aromatic heterocycles. The third-order valence-electron chi connectivity index (χ3n) is 4.76. The first-order valence-corrected chi connectivity index (χ1v) is 8.68. The van der Waals surface area contributed by atoms with E-state index in [-0.39, 0.29) is 24.3 Å². The summed E-state index contributed by atoms with van der Waals surface area (Å²) in [4.78, 5) is 16.3. The van der Waals surface area contributed by atoms with Crippen molar-refractivity contribution in [1.82, 2.24) is 10.3 Å². The van der Waals surface area contributed by atoms with Gasteiger partial charge in [0, 0.05) is 23.7 Å². The zero-order chi connectivity index (χ0) is 17.3. The van der Waals surface area contributed by atoms with Crippen molar-refractivity contribution in [3.8, 4) is 0 Å². The van der Waals surface area contributed by atoms with Crippen LogP contribution in [0.2, 0.25) is 0 Å². The molecule has 132 valence electrons. The molecule has 1 amide bonds. The van der Waals surface area contributed by atoms with E-state index in [0.29, 0.717) is 18.0 Å². The normalized spacial score (nSPS) is 29.8. The van der Waals surface area contributed by atoms with Crippen LogP contribution in [0.25, 0.3) is 0 Å². The highest BCUT2D eigenvalue weighted by Gasteiger charge is 2.43. The molecule has 3 rings (SSSR count). The second-order valence-corrected chi connectivity index (χ2v) is 7.75. The van der Waals surface area contributed by atoms with E-state index < -0.39 is 5.60 Å². The Labute approximate surface area is 143 Å². The number of nitrogens with zero attached hydrogens (tertiary/aromatic N) is 1. The number of pyridine rings is 1. The molecule has 0 spiro atoms. The lowest BCUT2D eigenvalue weighted by atomic mass is 9.86. The van der Waals surface area contributed by atoms with Crippen LogP contribution in [0.5, 0.6) is 0 Å². The Kier molecular flexibility index (Phi) is 4.67. The van der Waals surface area contributed by atoms with E-state index in [9.17, 15) is 4.79 Å². The SMILES string of the molecule is CC(C)(C)OC(=O)N[C@@H]1C[C@H](c2ccncc2N)O[C@@H]2CCC[C@H]12. The number of fused-ring (bicyclic) bond motifs is 1. The van der Waals surface area contributed by atoms with Gasteiger partial charge in [-0.25, -0.2) is 4.79 Å². The topological polar surface area (TPSA) is 86.5 Å². The van der Waals surface area contributed by atoms with E-state index in [1.807, 2.05) is 26.8 Å². The molecule has 0 radical (unpaired) electrons. The number of hydrogen-bond donors (Lipinski definition) is 2. The summed E-state index contributed by atoms with van der Waals surface area (Å²) in [5, 5.41) is 3.07. The molecule has 2 heterocycles. The summed E-state index contributed by atoms with van der Waals surface area (Å²) < 4.78 is 11.7. The number of amides is 1. The molecular formula is C18H27N3O3. The predicted molar refractivity (Wildman–Crippen MR) is 91.4 cm³/mol. The van der Waals surface area contributed by atoms with Crippen molar-refractivity contribution in [2.24, 2.45) is 5.92 Å². The van der Waals surface area contributed by atoms with Crippen molar-refractivity contribution in [3.05, 3.63) is 24.0 Å². The maximum Gasteiger partial charge on any atom is 0.407 e. The fraction of sp³-hybridized carbons (Fsp3) is 0.667. The van der Waals surface area contributed by atoms with Gasteiger partial charge in [-0.3, -0.25) is 4.98 Å². The Hall–Kier alpha value is -1.82. The van der Waals surface area contributed by atoms with Crippen molar-refractivity contribution in [2.45, 2.75) is 70.3 Å². The predicted octanol–water partition coefficient (Wildman–Crippen LogP) is 3.19. The molecule has 2 aliphatic rings. The van der Waals surface area contributed by atoms with E-state index in [1.165, 1.54) is 0 Å². The molecule has 4 atom stereocenters. The monoisotopic (exact) mass is 333 g/mol. The van der Waals surface area contributed by atoms with Crippen LogP contribution in [0.15, 0.2) is 18.5 Å². The summed E-state index contributed by atoms with van der Waals surface area (Å²) in [5.74, 6) is 0.344. The summed E-state index contributed by atoms with van der Waals surface area (Å²) in [7, 11) is 0. The lowest BCUT2D eigenvalue weighted by molar-refractivity contribution is -0.0860. The number of rotatable bonds is 2. The van der Waals surface area contributed by atoms with Gasteiger partial charge >= 0.3 is 6.09 Å². The fourth-order valence-corrected chi connectivity index (χ4v) is 3.79. The molecule has 24 heavy (non-hydrogen) atoms. The Morgan fingerprint density at radius 1 is 1.42 bits per heavy atom. The van der Waals surface area contributed by atoms with Crippen LogP contribution < -0.4 is 11.1 Å². The third kappa shape index (κ3) is 3.80. The van der Waals surface area contributed by atoms with Crippen molar-refractivity contribution >= 4 is 11.8 Å². The molecule has 1 aliphatic carbocycles. The van der Waals surface area contributed by atoms with E-state index in [2.05, 4.69) is 10.3 Å². The average Bonchev–Trinajstić information content (AvgIpc) is 2.94. The number of nitrogens with two attached hydrogens (primary N) is 1. The number of aromatic nitrogens is 1. The lowest BCUT2D eigenvalue weighted by Crippen LogP contribution is -2.49. The van der Waals surface area contributed by atoms with Crippen LogP contribution in [-0.2, 0) is 9.47 Å². The zero-order valence-corrected chi connectivity index (χ0v) is 14.6. The highest BCUT2D eigenvalue weighted by molar-refractivity contribution is 5.68. The van der Waals surface area contributed by atoms with E-state index in [1.54, 1.807) is 12.4 Å². The van der Waals surface area contributed by atoms with Crippen LogP contribution in [0.4, 0.5) is 10.5 Å². The summed E-state index contributed by atoms with van der Waals surface area (Å²) in [6.45, 7) is 5.61. The van der Waals surface area contributed by atoms with Gasteiger partial charge in [0.2, 0.25) is 0 Å². The van der Waals surface area contributed by atoms with Crippen molar-refractivity contribution in [1.29, 1.82) is 0 Å². The largest absolute Gasteiger partial charge is 0.444 e. The first kappa shape index (κ1) is 17.0. The highest BCUT2D eigenvalue weighted by Crippen LogP contribution is 2.43. The first-order valence-electron chi connectivity index (χ1n) is 8.68. The first-order chi connectivity index (χ1) is 11.3. The van der Waals surface area contributed by atoms with Crippen molar-refractivity contribution < 1.29 is 14.3 Å². The van der Waals surface area contributed by atoms with Crippen LogP contribution in [-0.4, -0.2) is 28.8 Å². The number of alkyl carbamates (subject to hydrolysis) is 1. The zero-order valence-electron chi connectivity index (χ0n) is 14.6. The summed E-state index contributed by atoms with van der Waals surface area (Å²) >= 11 is 0. The number of ether oxygens (including phenoxy) is 2. The number of nitrogens with one attached hydrogen (secondary N) is 1. The van der Waals surface area contributed by atoms with Crippen LogP contribution >= 0.6 is 0 Å². The second kappa shape index (κ2) is 6.59. The standard InChI is InChI=1S/C18H27N3O3/c1-18(2,3)24-17(22)21-14-9-16(11-7-8-20-10-13(11)19)23-15-6-4-5-12(14)15/h7-8,10,12,14-16H,4-6,9,19H2,1-3H3,(H,21,22)/t12-,14-,15-,16-/m1/s1. The van der Waals surface area contributed by atoms with Crippen molar-refractivity contribution in [3.63, 3.8) is 0 Å². The number of nitrogen functional groups attached to an aromatic ring is 1. The molecule has 3 N–H and O–H groups in total. The summed E-state index contributed by atoms with van der Waals surface area (Å²) in [6.07, 6.45) is 6.99. The van der Waals surface area contributed by atoms with Gasteiger partial charge in [0.15, 0.2) is 0 Å². The van der Waals surface area contributed by atoms with Crippen molar-refractivity contribution in [2.75, 3.05) is 5.73 Å². The van der Waals surface area contributed by atoms with Gasteiger partial charge in [0.1, 0.15) is 5.60 Å². The fourth-order valence-electron chi connectivity index (χ4n) is 3.79. The van der Waals surface area contributed by atoms with Crippen LogP contribution in [0.1, 0.15) is 58.1 Å². The van der Waals surface area contributed by atoms with E-state index >= 15 is 0 Å². The number of carbonyl (C=O) groups excluding carboxylic acids is 1. The van der Waals surface area contributed by atoms with Crippen LogP contribution in [0.3, 0.4) is 0 Å². The van der Waals surface area contributed by atoms with E-state index in [4.69, 9.17) is 15.2 Å². The minimum atomic E-state index is -0.501. The number of carbonyl (C=O) groups is 1.